The van der Waals surface area contributed by atoms with Crippen LogP contribution >= 0.6 is 11.6 Å². The molecule has 1 aromatic heterocycles. The molecule has 1 aromatic rings. The predicted molar refractivity (Wildman–Crippen MR) is 77.9 cm³/mol. The summed E-state index contributed by atoms with van der Waals surface area (Å²) < 4.78 is 6.05. The van der Waals surface area contributed by atoms with E-state index in [0.717, 1.165) is 19.4 Å². The molecule has 106 valence electrons. The molecule has 2 rings (SSSR count). The molecule has 0 bridgehead atoms. The molecule has 0 aromatic carbocycles. The van der Waals surface area contributed by atoms with Gasteiger partial charge in [-0.3, -0.25) is 0 Å². The Bertz CT molecular complexity index is 414. The molecule has 2 atom stereocenters. The van der Waals surface area contributed by atoms with Crippen molar-refractivity contribution in [1.29, 1.82) is 0 Å². The van der Waals surface area contributed by atoms with Gasteiger partial charge in [-0.25, -0.2) is 4.98 Å². The lowest BCUT2D eigenvalue weighted by molar-refractivity contribution is 0.0860. The minimum absolute atomic E-state index is 0.237. The van der Waals surface area contributed by atoms with Gasteiger partial charge in [-0.2, -0.15) is 4.98 Å². The van der Waals surface area contributed by atoms with Gasteiger partial charge >= 0.3 is 0 Å². The van der Waals surface area contributed by atoms with Crippen LogP contribution in [0.5, 0.6) is 5.88 Å². The van der Waals surface area contributed by atoms with Crippen molar-refractivity contribution >= 4 is 17.5 Å². The number of nitrogens with one attached hydrogen (secondary N) is 1. The highest BCUT2D eigenvalue weighted by atomic mass is 35.5. The first-order chi connectivity index (χ1) is 9.24. The lowest BCUT2D eigenvalue weighted by atomic mass is 9.85. The Hall–Kier alpha value is -1.03. The summed E-state index contributed by atoms with van der Waals surface area (Å²) in [6.45, 7) is 5.01. The van der Waals surface area contributed by atoms with Crippen LogP contribution in [0.3, 0.4) is 0 Å². The van der Waals surface area contributed by atoms with Crippen LogP contribution in [0, 0.1) is 5.92 Å². The second kappa shape index (κ2) is 6.94. The van der Waals surface area contributed by atoms with E-state index in [1.54, 1.807) is 6.20 Å². The molecular weight excluding hydrogens is 262 g/mol. The Balaban J connectivity index is 2.10. The molecule has 1 aliphatic rings. The average molecular weight is 284 g/mol. The normalized spacial score (nSPS) is 23.1. The van der Waals surface area contributed by atoms with Crippen molar-refractivity contribution in [3.05, 3.63) is 11.2 Å². The van der Waals surface area contributed by atoms with Crippen molar-refractivity contribution in [1.82, 2.24) is 9.97 Å². The predicted octanol–water partition coefficient (Wildman–Crippen LogP) is 3.91. The van der Waals surface area contributed by atoms with E-state index in [1.807, 2.05) is 6.92 Å². The topological polar surface area (TPSA) is 47.0 Å². The number of rotatable bonds is 5. The minimum Gasteiger partial charge on any atom is -0.473 e. The fraction of sp³-hybridized carbons (Fsp3) is 0.714. The summed E-state index contributed by atoms with van der Waals surface area (Å²) in [6, 6.07) is 0. The smallest absolute Gasteiger partial charge is 0.237 e. The van der Waals surface area contributed by atoms with Gasteiger partial charge in [-0.05, 0) is 38.5 Å². The number of hydrogen-bond donors (Lipinski definition) is 1. The third kappa shape index (κ3) is 3.72. The molecule has 0 aliphatic heterocycles. The molecular formula is C14H22ClN3O. The lowest BCUT2D eigenvalue weighted by Crippen LogP contribution is -2.30. The van der Waals surface area contributed by atoms with E-state index in [2.05, 4.69) is 22.2 Å². The Morgan fingerprint density at radius 1 is 1.37 bits per heavy atom. The maximum atomic E-state index is 6.13. The molecule has 1 aliphatic carbocycles. The third-order valence-corrected chi connectivity index (χ3v) is 3.93. The fourth-order valence-corrected chi connectivity index (χ4v) is 2.75. The summed E-state index contributed by atoms with van der Waals surface area (Å²) in [4.78, 5) is 8.48. The lowest BCUT2D eigenvalue weighted by Gasteiger charge is -2.31. The molecule has 1 heterocycles. The van der Waals surface area contributed by atoms with Gasteiger partial charge in [-0.1, -0.05) is 24.9 Å². The van der Waals surface area contributed by atoms with Crippen LogP contribution in [0.2, 0.25) is 5.02 Å². The molecule has 5 heteroatoms. The van der Waals surface area contributed by atoms with E-state index in [0.29, 0.717) is 22.8 Å². The van der Waals surface area contributed by atoms with Gasteiger partial charge in [0.2, 0.25) is 11.8 Å². The van der Waals surface area contributed by atoms with Gasteiger partial charge in [-0.15, -0.1) is 0 Å². The zero-order valence-electron chi connectivity index (χ0n) is 11.7. The molecule has 0 amide bonds. The highest BCUT2D eigenvalue weighted by molar-refractivity contribution is 6.31. The van der Waals surface area contributed by atoms with Gasteiger partial charge in [0.15, 0.2) is 0 Å². The number of halogens is 1. The Kier molecular flexibility index (Phi) is 5.25. The summed E-state index contributed by atoms with van der Waals surface area (Å²) in [7, 11) is 0. The summed E-state index contributed by atoms with van der Waals surface area (Å²) in [6.07, 6.45) is 7.85. The van der Waals surface area contributed by atoms with Gasteiger partial charge in [0.25, 0.3) is 0 Å². The SMILES string of the molecule is CCNc1ncc(Cl)c(OC2CCCCC2CC)n1. The number of nitrogens with zero attached hydrogens (tertiary/aromatic N) is 2. The average Bonchev–Trinajstić information content (AvgIpc) is 2.43. The van der Waals surface area contributed by atoms with Crippen molar-refractivity contribution in [2.45, 2.75) is 52.1 Å². The second-order valence-electron chi connectivity index (χ2n) is 4.99. The minimum atomic E-state index is 0.237. The largest absolute Gasteiger partial charge is 0.473 e. The van der Waals surface area contributed by atoms with Crippen molar-refractivity contribution in [2.75, 3.05) is 11.9 Å². The summed E-state index contributed by atoms with van der Waals surface area (Å²) in [5.74, 6) is 1.70. The van der Waals surface area contributed by atoms with E-state index in [9.17, 15) is 0 Å². The summed E-state index contributed by atoms with van der Waals surface area (Å²) in [5, 5.41) is 3.56. The number of ether oxygens (including phenoxy) is 1. The molecule has 19 heavy (non-hydrogen) atoms. The molecule has 1 fully saturated rings. The number of hydrogen-bond acceptors (Lipinski definition) is 4. The fourth-order valence-electron chi connectivity index (χ4n) is 2.62. The quantitative estimate of drug-likeness (QED) is 0.890. The van der Waals surface area contributed by atoms with Crippen LogP contribution in [0.25, 0.3) is 0 Å². The van der Waals surface area contributed by atoms with Crippen molar-refractivity contribution in [2.24, 2.45) is 5.92 Å². The monoisotopic (exact) mass is 283 g/mol. The maximum Gasteiger partial charge on any atom is 0.237 e. The van der Waals surface area contributed by atoms with Gasteiger partial charge in [0.05, 0.1) is 6.20 Å². The van der Waals surface area contributed by atoms with E-state index in [4.69, 9.17) is 16.3 Å². The standard InChI is InChI=1S/C14H22ClN3O/c1-3-10-7-5-6-8-12(10)19-13-11(15)9-17-14(18-13)16-4-2/h9-10,12H,3-8H2,1-2H3,(H,16,17,18). The molecule has 1 N–H and O–H groups in total. The van der Waals surface area contributed by atoms with Crippen LogP contribution in [-0.4, -0.2) is 22.6 Å². The molecule has 1 saturated carbocycles. The van der Waals surface area contributed by atoms with Crippen LogP contribution in [0.15, 0.2) is 6.20 Å². The highest BCUT2D eigenvalue weighted by Gasteiger charge is 2.26. The van der Waals surface area contributed by atoms with Crippen LogP contribution < -0.4 is 10.1 Å². The third-order valence-electron chi connectivity index (χ3n) is 3.67. The van der Waals surface area contributed by atoms with Gasteiger partial charge in [0, 0.05) is 6.54 Å². The summed E-state index contributed by atoms with van der Waals surface area (Å²) >= 11 is 6.13. The number of anilines is 1. The second-order valence-corrected chi connectivity index (χ2v) is 5.39. The first kappa shape index (κ1) is 14.4. The highest BCUT2D eigenvalue weighted by Crippen LogP contribution is 2.32. The molecule has 0 saturated heterocycles. The maximum absolute atomic E-state index is 6.13. The van der Waals surface area contributed by atoms with Crippen LogP contribution in [0.4, 0.5) is 5.95 Å². The number of aromatic nitrogens is 2. The van der Waals surface area contributed by atoms with Gasteiger partial charge < -0.3 is 10.1 Å². The first-order valence-electron chi connectivity index (χ1n) is 7.17. The first-order valence-corrected chi connectivity index (χ1v) is 7.55. The molecule has 4 nitrogen and oxygen atoms in total. The molecule has 0 radical (unpaired) electrons. The van der Waals surface area contributed by atoms with E-state index in [-0.39, 0.29) is 6.10 Å². The van der Waals surface area contributed by atoms with Crippen molar-refractivity contribution < 1.29 is 4.74 Å². The van der Waals surface area contributed by atoms with Crippen LogP contribution in [0.1, 0.15) is 46.0 Å². The summed E-state index contributed by atoms with van der Waals surface area (Å²) in [5.41, 5.74) is 0. The van der Waals surface area contributed by atoms with Gasteiger partial charge in [0.1, 0.15) is 11.1 Å². The zero-order chi connectivity index (χ0) is 13.7. The molecule has 0 spiro atoms. The Morgan fingerprint density at radius 3 is 2.89 bits per heavy atom. The Labute approximate surface area is 119 Å². The van der Waals surface area contributed by atoms with Crippen molar-refractivity contribution in [3.63, 3.8) is 0 Å². The van der Waals surface area contributed by atoms with E-state index in [1.165, 1.54) is 19.3 Å². The zero-order valence-corrected chi connectivity index (χ0v) is 12.4. The van der Waals surface area contributed by atoms with E-state index < -0.39 is 0 Å². The van der Waals surface area contributed by atoms with E-state index >= 15 is 0 Å². The van der Waals surface area contributed by atoms with Crippen molar-refractivity contribution in [3.8, 4) is 5.88 Å². The van der Waals surface area contributed by atoms with Crippen LogP contribution in [-0.2, 0) is 0 Å². The molecule has 2 unspecified atom stereocenters. The Morgan fingerprint density at radius 2 is 2.16 bits per heavy atom.